The molecule has 2 aromatic rings. The van der Waals surface area contributed by atoms with E-state index in [2.05, 4.69) is 43.5 Å². The van der Waals surface area contributed by atoms with Crippen molar-refractivity contribution in [2.75, 3.05) is 33.2 Å². The van der Waals surface area contributed by atoms with Crippen LogP contribution in [0.2, 0.25) is 0 Å². The predicted molar refractivity (Wildman–Crippen MR) is 114 cm³/mol. The summed E-state index contributed by atoms with van der Waals surface area (Å²) in [6, 6.07) is 4.28. The smallest absolute Gasteiger partial charge is 0.225 e. The molecule has 0 radical (unpaired) electrons. The van der Waals surface area contributed by atoms with Crippen molar-refractivity contribution in [2.45, 2.75) is 39.0 Å². The van der Waals surface area contributed by atoms with E-state index in [1.54, 1.807) is 0 Å². The van der Waals surface area contributed by atoms with Crippen LogP contribution in [0.5, 0.6) is 0 Å². The molecule has 1 atom stereocenters. The number of amides is 1. The van der Waals surface area contributed by atoms with Gasteiger partial charge in [0.1, 0.15) is 5.82 Å². The summed E-state index contributed by atoms with van der Waals surface area (Å²) < 4.78 is 2.07. The Morgan fingerprint density at radius 2 is 1.86 bits per heavy atom. The van der Waals surface area contributed by atoms with Crippen LogP contribution < -0.4 is 0 Å². The summed E-state index contributed by atoms with van der Waals surface area (Å²) in [5.74, 6) is 2.14. The van der Waals surface area contributed by atoms with Crippen molar-refractivity contribution >= 4 is 5.91 Å². The number of nitrogens with zero attached hydrogens (tertiary/aromatic N) is 5. The standard InChI is InChI=1S/C23H33N5O/c1-17-24-15-22(27(17)3)21-7-6-18(14-25-21)13-19-5-4-10-28(16-19)23(29)20-8-11-26(2)12-9-20/h6-7,14-15,19-20H,4-5,8-13,16H2,1-3H3/t19-/m0/s1. The number of aromatic nitrogens is 3. The summed E-state index contributed by atoms with van der Waals surface area (Å²) in [6.07, 6.45) is 9.20. The molecule has 2 saturated heterocycles. The lowest BCUT2D eigenvalue weighted by atomic mass is 9.89. The fraction of sp³-hybridized carbons (Fsp3) is 0.609. The highest BCUT2D eigenvalue weighted by Gasteiger charge is 2.30. The van der Waals surface area contributed by atoms with E-state index in [4.69, 9.17) is 0 Å². The van der Waals surface area contributed by atoms with Gasteiger partial charge in [-0.3, -0.25) is 9.78 Å². The van der Waals surface area contributed by atoms with Crippen molar-refractivity contribution in [1.29, 1.82) is 0 Å². The summed E-state index contributed by atoms with van der Waals surface area (Å²) in [4.78, 5) is 26.5. The van der Waals surface area contributed by atoms with Crippen molar-refractivity contribution in [3.63, 3.8) is 0 Å². The van der Waals surface area contributed by atoms with Gasteiger partial charge in [-0.15, -0.1) is 0 Å². The van der Waals surface area contributed by atoms with Crippen LogP contribution in [0.25, 0.3) is 11.4 Å². The molecular formula is C23H33N5O. The summed E-state index contributed by atoms with van der Waals surface area (Å²) in [6.45, 7) is 5.91. The molecule has 0 N–H and O–H groups in total. The second-order valence-electron chi connectivity index (χ2n) is 8.88. The lowest BCUT2D eigenvalue weighted by Crippen LogP contribution is -2.46. The zero-order valence-corrected chi connectivity index (χ0v) is 18.0. The van der Waals surface area contributed by atoms with Gasteiger partial charge in [0.15, 0.2) is 0 Å². The Kier molecular flexibility index (Phi) is 5.99. The van der Waals surface area contributed by atoms with E-state index in [9.17, 15) is 4.79 Å². The van der Waals surface area contributed by atoms with E-state index in [0.29, 0.717) is 11.8 Å². The van der Waals surface area contributed by atoms with Crippen LogP contribution in [0.1, 0.15) is 37.1 Å². The van der Waals surface area contributed by atoms with E-state index in [1.807, 2.05) is 26.4 Å². The average molecular weight is 396 g/mol. The van der Waals surface area contributed by atoms with Gasteiger partial charge in [-0.05, 0) is 76.7 Å². The normalized spacial score (nSPS) is 21.5. The van der Waals surface area contributed by atoms with E-state index in [-0.39, 0.29) is 5.92 Å². The monoisotopic (exact) mass is 395 g/mol. The van der Waals surface area contributed by atoms with E-state index < -0.39 is 0 Å². The lowest BCUT2D eigenvalue weighted by molar-refractivity contribution is -0.138. The maximum absolute atomic E-state index is 13.0. The Balaban J connectivity index is 1.35. The van der Waals surface area contributed by atoms with Crippen LogP contribution in [0.3, 0.4) is 0 Å². The van der Waals surface area contributed by atoms with Crippen LogP contribution in [0, 0.1) is 18.8 Å². The number of imidazole rings is 1. The fourth-order valence-corrected chi connectivity index (χ4v) is 4.72. The highest BCUT2D eigenvalue weighted by Crippen LogP contribution is 2.26. The number of piperidine rings is 2. The molecule has 4 rings (SSSR count). The fourth-order valence-electron chi connectivity index (χ4n) is 4.72. The molecule has 0 aliphatic carbocycles. The van der Waals surface area contributed by atoms with Gasteiger partial charge in [0, 0.05) is 32.3 Å². The predicted octanol–water partition coefficient (Wildman–Crippen LogP) is 2.91. The van der Waals surface area contributed by atoms with Crippen molar-refractivity contribution < 1.29 is 4.79 Å². The van der Waals surface area contributed by atoms with Crippen molar-refractivity contribution in [3.05, 3.63) is 35.9 Å². The first-order chi connectivity index (χ1) is 14.0. The summed E-state index contributed by atoms with van der Waals surface area (Å²) >= 11 is 0. The van der Waals surface area contributed by atoms with Gasteiger partial charge in [-0.25, -0.2) is 4.98 Å². The topological polar surface area (TPSA) is 54.3 Å². The van der Waals surface area contributed by atoms with Crippen molar-refractivity contribution in [1.82, 2.24) is 24.3 Å². The van der Waals surface area contributed by atoms with E-state index in [1.165, 1.54) is 12.0 Å². The second kappa shape index (κ2) is 8.66. The molecule has 0 unspecified atom stereocenters. The molecule has 156 valence electrons. The van der Waals surface area contributed by atoms with Crippen LogP contribution in [0.15, 0.2) is 24.5 Å². The van der Waals surface area contributed by atoms with Gasteiger partial charge in [0.25, 0.3) is 0 Å². The molecule has 1 amide bonds. The third-order valence-corrected chi connectivity index (χ3v) is 6.73. The number of rotatable bonds is 4. The first kappa shape index (κ1) is 20.1. The number of carbonyl (C=O) groups excluding carboxylic acids is 1. The minimum absolute atomic E-state index is 0.230. The molecule has 0 aromatic carbocycles. The molecule has 2 aliphatic rings. The number of aryl methyl sites for hydroxylation is 1. The Bertz CT molecular complexity index is 835. The lowest BCUT2D eigenvalue weighted by Gasteiger charge is -2.37. The van der Waals surface area contributed by atoms with Gasteiger partial charge in [-0.1, -0.05) is 6.07 Å². The Morgan fingerprint density at radius 3 is 2.52 bits per heavy atom. The van der Waals surface area contributed by atoms with Gasteiger partial charge < -0.3 is 14.4 Å². The molecule has 2 aromatic heterocycles. The van der Waals surface area contributed by atoms with Gasteiger partial charge in [0.05, 0.1) is 17.6 Å². The quantitative estimate of drug-likeness (QED) is 0.799. The Labute approximate surface area is 173 Å². The first-order valence-corrected chi connectivity index (χ1v) is 10.9. The van der Waals surface area contributed by atoms with E-state index >= 15 is 0 Å². The number of pyridine rings is 1. The molecular weight excluding hydrogens is 362 g/mol. The van der Waals surface area contributed by atoms with Gasteiger partial charge in [0.2, 0.25) is 5.91 Å². The highest BCUT2D eigenvalue weighted by atomic mass is 16.2. The van der Waals surface area contributed by atoms with Gasteiger partial charge in [-0.2, -0.15) is 0 Å². The zero-order valence-electron chi connectivity index (χ0n) is 18.0. The SMILES string of the molecule is Cc1ncc(-c2ccc(C[C@@H]3CCCN(C(=O)C4CCN(C)CC4)C3)cn2)n1C. The molecule has 6 heteroatoms. The molecule has 0 saturated carbocycles. The van der Waals surface area contributed by atoms with Gasteiger partial charge >= 0.3 is 0 Å². The average Bonchev–Trinajstić information content (AvgIpc) is 3.07. The third-order valence-electron chi connectivity index (χ3n) is 6.73. The molecule has 2 aliphatic heterocycles. The zero-order chi connectivity index (χ0) is 20.4. The largest absolute Gasteiger partial charge is 0.342 e. The number of likely N-dealkylation sites (tertiary alicyclic amines) is 2. The maximum atomic E-state index is 13.0. The Hall–Kier alpha value is -2.21. The number of carbonyl (C=O) groups is 1. The molecule has 0 spiro atoms. The highest BCUT2D eigenvalue weighted by molar-refractivity contribution is 5.79. The number of hydrogen-bond donors (Lipinski definition) is 0. The third kappa shape index (κ3) is 4.53. The Morgan fingerprint density at radius 1 is 1.07 bits per heavy atom. The van der Waals surface area contributed by atoms with Crippen molar-refractivity contribution in [2.24, 2.45) is 18.9 Å². The summed E-state index contributed by atoms with van der Waals surface area (Å²) in [5, 5.41) is 0. The molecule has 29 heavy (non-hydrogen) atoms. The van der Waals surface area contributed by atoms with Crippen LogP contribution in [-0.2, 0) is 18.3 Å². The molecule has 4 heterocycles. The molecule has 2 fully saturated rings. The maximum Gasteiger partial charge on any atom is 0.225 e. The van der Waals surface area contributed by atoms with Crippen LogP contribution >= 0.6 is 0 Å². The molecule has 6 nitrogen and oxygen atoms in total. The van der Waals surface area contributed by atoms with Crippen LogP contribution in [0.4, 0.5) is 0 Å². The first-order valence-electron chi connectivity index (χ1n) is 10.9. The minimum Gasteiger partial charge on any atom is -0.342 e. The second-order valence-corrected chi connectivity index (χ2v) is 8.88. The van der Waals surface area contributed by atoms with Crippen LogP contribution in [-0.4, -0.2) is 63.5 Å². The molecule has 0 bridgehead atoms. The number of hydrogen-bond acceptors (Lipinski definition) is 4. The van der Waals surface area contributed by atoms with Crippen molar-refractivity contribution in [3.8, 4) is 11.4 Å². The summed E-state index contributed by atoms with van der Waals surface area (Å²) in [5.41, 5.74) is 3.26. The summed E-state index contributed by atoms with van der Waals surface area (Å²) in [7, 11) is 4.16. The van der Waals surface area contributed by atoms with E-state index in [0.717, 1.165) is 69.1 Å². The minimum atomic E-state index is 0.230.